The summed E-state index contributed by atoms with van der Waals surface area (Å²) in [5, 5.41) is 12.9. The predicted octanol–water partition coefficient (Wildman–Crippen LogP) is 4.69. The van der Waals surface area contributed by atoms with E-state index in [2.05, 4.69) is 38.6 Å². The maximum atomic E-state index is 8.44. The fraction of sp³-hybridized carbons (Fsp3) is 0.200. The first kappa shape index (κ1) is 14.4. The van der Waals surface area contributed by atoms with Crippen LogP contribution in [0, 0.1) is 13.8 Å². The summed E-state index contributed by atoms with van der Waals surface area (Å²) in [5.41, 5.74) is 13.3. The zero-order chi connectivity index (χ0) is 15.7. The lowest BCUT2D eigenvalue weighted by molar-refractivity contribution is 0.798. The average molecular weight is 313 g/mol. The van der Waals surface area contributed by atoms with Crippen LogP contribution in [0.25, 0.3) is 21.3 Å². The lowest BCUT2D eigenvalue weighted by atomic mass is 10.2. The molecule has 0 unspecified atom stereocenters. The number of nitrogens with zero attached hydrogens (tertiary/aromatic N) is 6. The van der Waals surface area contributed by atoms with Crippen LogP contribution in [0.4, 0.5) is 5.69 Å². The van der Waals surface area contributed by atoms with Gasteiger partial charge in [0.15, 0.2) is 5.15 Å². The van der Waals surface area contributed by atoms with E-state index in [4.69, 9.17) is 17.1 Å². The number of fused-ring (bicyclic) bond motifs is 1. The number of hydrogen-bond acceptors (Lipinski definition) is 3. The van der Waals surface area contributed by atoms with Crippen molar-refractivity contribution in [3.63, 3.8) is 0 Å². The summed E-state index contributed by atoms with van der Waals surface area (Å²) in [7, 11) is 0. The summed E-state index contributed by atoms with van der Waals surface area (Å²) in [5.74, 6) is 0. The molecule has 0 spiro atoms. The van der Waals surface area contributed by atoms with Gasteiger partial charge in [-0.1, -0.05) is 41.0 Å². The smallest absolute Gasteiger partial charge is 0.175 e. The van der Waals surface area contributed by atoms with Crippen molar-refractivity contribution in [3.05, 3.63) is 62.9 Å². The van der Waals surface area contributed by atoms with Gasteiger partial charge in [0.25, 0.3) is 0 Å². The van der Waals surface area contributed by atoms with E-state index in [-0.39, 0.29) is 0 Å². The predicted molar refractivity (Wildman–Crippen MR) is 86.4 cm³/mol. The number of hydrogen-bond donors (Lipinski definition) is 0. The molecule has 22 heavy (non-hydrogen) atoms. The highest BCUT2D eigenvalue weighted by Gasteiger charge is 2.15. The number of benzene rings is 1. The van der Waals surface area contributed by atoms with Crippen LogP contribution in [0.1, 0.15) is 16.8 Å². The van der Waals surface area contributed by atoms with Crippen LogP contribution >= 0.6 is 11.6 Å². The molecule has 0 saturated carbocycles. The molecule has 0 bridgehead atoms. The summed E-state index contributed by atoms with van der Waals surface area (Å²) >= 11 is 6.23. The zero-order valence-corrected chi connectivity index (χ0v) is 12.9. The molecule has 0 radical (unpaired) electrons. The Morgan fingerprint density at radius 1 is 1.27 bits per heavy atom. The fourth-order valence-corrected chi connectivity index (χ4v) is 2.80. The fourth-order valence-electron chi connectivity index (χ4n) is 2.55. The van der Waals surface area contributed by atoms with Crippen molar-refractivity contribution in [2.24, 2.45) is 5.11 Å². The topological polar surface area (TPSA) is 79.5 Å². The quantitative estimate of drug-likeness (QED) is 0.399. The molecule has 2 heterocycles. The van der Waals surface area contributed by atoms with Gasteiger partial charge in [-0.25, -0.2) is 0 Å². The number of rotatable bonds is 3. The van der Waals surface area contributed by atoms with Crippen LogP contribution in [-0.4, -0.2) is 14.8 Å². The minimum Gasteiger partial charge on any atom is -0.338 e. The van der Waals surface area contributed by atoms with Crippen molar-refractivity contribution in [3.8, 4) is 0 Å². The van der Waals surface area contributed by atoms with Crippen LogP contribution < -0.4 is 0 Å². The highest BCUT2D eigenvalue weighted by atomic mass is 35.5. The first-order valence-electron chi connectivity index (χ1n) is 6.72. The molecule has 110 valence electrons. The van der Waals surface area contributed by atoms with E-state index in [0.29, 0.717) is 17.4 Å². The molecule has 3 aromatic rings. The highest BCUT2D eigenvalue weighted by molar-refractivity contribution is 6.33. The highest BCUT2D eigenvalue weighted by Crippen LogP contribution is 2.29. The summed E-state index contributed by atoms with van der Waals surface area (Å²) in [6, 6.07) is 7.47. The Morgan fingerprint density at radius 3 is 2.68 bits per heavy atom. The molecule has 0 fully saturated rings. The Morgan fingerprint density at radius 2 is 2.00 bits per heavy atom. The lowest BCUT2D eigenvalue weighted by Gasteiger charge is -2.09. The van der Waals surface area contributed by atoms with Gasteiger partial charge in [0, 0.05) is 28.2 Å². The second-order valence-corrected chi connectivity index (χ2v) is 5.41. The first-order chi connectivity index (χ1) is 10.6. The third-order valence-electron chi connectivity index (χ3n) is 3.84. The Labute approximate surface area is 132 Å². The van der Waals surface area contributed by atoms with Crippen molar-refractivity contribution >= 4 is 28.2 Å². The van der Waals surface area contributed by atoms with Gasteiger partial charge in [-0.3, -0.25) is 0 Å². The summed E-state index contributed by atoms with van der Waals surface area (Å²) < 4.78 is 2.13. The van der Waals surface area contributed by atoms with E-state index in [0.717, 1.165) is 27.7 Å². The second-order valence-electron chi connectivity index (χ2n) is 5.05. The van der Waals surface area contributed by atoms with Crippen molar-refractivity contribution in [2.45, 2.75) is 20.4 Å². The molecule has 0 atom stereocenters. The number of halogens is 1. The molecular formula is C15H13ClN6. The minimum atomic E-state index is 0.402. The Kier molecular flexibility index (Phi) is 3.71. The molecule has 0 saturated heterocycles. The van der Waals surface area contributed by atoms with E-state index in [9.17, 15) is 0 Å². The third kappa shape index (κ3) is 2.39. The first-order valence-corrected chi connectivity index (χ1v) is 7.10. The maximum Gasteiger partial charge on any atom is 0.175 e. The molecule has 1 aromatic carbocycles. The van der Waals surface area contributed by atoms with Gasteiger partial charge >= 0.3 is 0 Å². The van der Waals surface area contributed by atoms with Gasteiger partial charge in [0.2, 0.25) is 0 Å². The molecular weight excluding hydrogens is 300 g/mol. The van der Waals surface area contributed by atoms with Gasteiger partial charge in [-0.05, 0) is 30.5 Å². The molecule has 0 aliphatic heterocycles. The van der Waals surface area contributed by atoms with Crippen LogP contribution in [0.3, 0.4) is 0 Å². The van der Waals surface area contributed by atoms with Gasteiger partial charge in [0.05, 0.1) is 11.7 Å². The van der Waals surface area contributed by atoms with Crippen LogP contribution in [0.5, 0.6) is 0 Å². The van der Waals surface area contributed by atoms with Crippen molar-refractivity contribution < 1.29 is 0 Å². The monoisotopic (exact) mass is 312 g/mol. The largest absolute Gasteiger partial charge is 0.338 e. The van der Waals surface area contributed by atoms with Gasteiger partial charge in [-0.15, -0.1) is 5.10 Å². The molecule has 0 aliphatic rings. The van der Waals surface area contributed by atoms with Crippen molar-refractivity contribution in [1.29, 1.82) is 0 Å². The van der Waals surface area contributed by atoms with Gasteiger partial charge < -0.3 is 4.57 Å². The Hall–Kier alpha value is -2.56. The zero-order valence-electron chi connectivity index (χ0n) is 12.2. The molecule has 7 heteroatoms. The average Bonchev–Trinajstić information content (AvgIpc) is 2.76. The Balaban J connectivity index is 2.07. The number of aryl methyl sites for hydroxylation is 1. The minimum absolute atomic E-state index is 0.402. The van der Waals surface area contributed by atoms with E-state index < -0.39 is 0 Å². The molecule has 0 aliphatic carbocycles. The maximum absolute atomic E-state index is 8.44. The van der Waals surface area contributed by atoms with Crippen LogP contribution in [0.15, 0.2) is 35.6 Å². The molecule has 3 rings (SSSR count). The third-order valence-corrected chi connectivity index (χ3v) is 4.10. The van der Waals surface area contributed by atoms with Crippen molar-refractivity contribution in [2.75, 3.05) is 0 Å². The molecule has 6 nitrogen and oxygen atoms in total. The summed E-state index contributed by atoms with van der Waals surface area (Å²) in [6.07, 6.45) is 1.74. The van der Waals surface area contributed by atoms with E-state index >= 15 is 0 Å². The standard InChI is InChI=1S/C15H13ClN6/c1-9-10(2)22(14-13(9)7-18-20-15(14)16)8-11-3-5-12(6-4-11)19-21-17/h3-7H,8H2,1-2H3. The number of aromatic nitrogens is 3. The van der Waals surface area contributed by atoms with Gasteiger partial charge in [0.1, 0.15) is 0 Å². The summed E-state index contributed by atoms with van der Waals surface area (Å²) in [6.45, 7) is 4.77. The lowest BCUT2D eigenvalue weighted by Crippen LogP contribution is -2.02. The van der Waals surface area contributed by atoms with Crippen LogP contribution in [0.2, 0.25) is 5.15 Å². The molecule has 0 amide bonds. The van der Waals surface area contributed by atoms with E-state index in [1.807, 2.05) is 12.1 Å². The molecule has 2 aromatic heterocycles. The number of azide groups is 1. The van der Waals surface area contributed by atoms with Crippen molar-refractivity contribution in [1.82, 2.24) is 14.8 Å². The molecule has 0 N–H and O–H groups in total. The van der Waals surface area contributed by atoms with E-state index in [1.54, 1.807) is 18.3 Å². The van der Waals surface area contributed by atoms with Crippen LogP contribution in [-0.2, 0) is 6.54 Å². The second kappa shape index (κ2) is 5.67. The normalized spacial score (nSPS) is 10.7. The SMILES string of the molecule is Cc1c(C)n(Cc2ccc(N=[N+]=[N-])cc2)c2c(Cl)nncc12. The Bertz CT molecular complexity index is 891. The van der Waals surface area contributed by atoms with E-state index in [1.165, 1.54) is 0 Å². The summed E-state index contributed by atoms with van der Waals surface area (Å²) in [4.78, 5) is 2.78. The van der Waals surface area contributed by atoms with Gasteiger partial charge in [-0.2, -0.15) is 5.10 Å².